The number of amides is 2. The van der Waals surface area contributed by atoms with Crippen molar-refractivity contribution >= 4 is 17.8 Å². The minimum atomic E-state index is -1.07. The Kier molecular flexibility index (Phi) is 10.6. The molecule has 0 aliphatic carbocycles. The van der Waals surface area contributed by atoms with Gasteiger partial charge in [0.15, 0.2) is 0 Å². The first-order valence-electron chi connectivity index (χ1n) is 11.0. The summed E-state index contributed by atoms with van der Waals surface area (Å²) in [6.07, 6.45) is 0.923. The highest BCUT2D eigenvalue weighted by molar-refractivity contribution is 5.90. The highest BCUT2D eigenvalue weighted by atomic mass is 16.5. The van der Waals surface area contributed by atoms with Gasteiger partial charge < -0.3 is 20.5 Å². The second kappa shape index (κ2) is 13.7. The molecule has 0 aliphatic heterocycles. The summed E-state index contributed by atoms with van der Waals surface area (Å²) in [6, 6.07) is 14.0. The van der Waals surface area contributed by atoms with E-state index in [-0.39, 0.29) is 18.7 Å². The molecule has 0 saturated heterocycles. The van der Waals surface area contributed by atoms with Crippen LogP contribution in [0.25, 0.3) is 0 Å². The zero-order valence-corrected chi connectivity index (χ0v) is 19.6. The number of rotatable bonds is 11. The number of hydrogen-bond acceptors (Lipinski definition) is 5. The van der Waals surface area contributed by atoms with E-state index in [4.69, 9.17) is 4.74 Å². The number of nitrogens with one attached hydrogen (secondary N) is 3. The molecule has 0 radical (unpaired) electrons. The van der Waals surface area contributed by atoms with E-state index in [9.17, 15) is 19.5 Å². The fourth-order valence-electron chi connectivity index (χ4n) is 3.22. The molecule has 0 aliphatic rings. The SMILES string of the molecule is CNC(=O)[C@H](Cc1ccc(OC)cc1)NC(=O)[C@H](CCC#Cc1ccccc1)N[C@H](C)C(=O)O. The molecule has 0 bridgehead atoms. The minimum Gasteiger partial charge on any atom is -0.497 e. The third-order valence-corrected chi connectivity index (χ3v) is 5.18. The molecule has 2 aromatic rings. The minimum absolute atomic E-state index is 0.268. The van der Waals surface area contributed by atoms with Gasteiger partial charge in [-0.05, 0) is 43.2 Å². The van der Waals surface area contributed by atoms with Gasteiger partial charge in [-0.25, -0.2) is 0 Å². The van der Waals surface area contributed by atoms with Gasteiger partial charge in [0.05, 0.1) is 13.2 Å². The summed E-state index contributed by atoms with van der Waals surface area (Å²) in [4.78, 5) is 36.9. The number of carboxylic acid groups (broad SMARTS) is 1. The largest absolute Gasteiger partial charge is 0.497 e. The lowest BCUT2D eigenvalue weighted by Gasteiger charge is -2.24. The maximum atomic E-state index is 13.1. The number of benzene rings is 2. The molecule has 2 amide bonds. The van der Waals surface area contributed by atoms with Gasteiger partial charge in [-0.15, -0.1) is 0 Å². The van der Waals surface area contributed by atoms with Gasteiger partial charge in [-0.1, -0.05) is 42.2 Å². The predicted octanol–water partition coefficient (Wildman–Crippen LogP) is 1.73. The average molecular weight is 466 g/mol. The first kappa shape index (κ1) is 26.4. The number of carbonyl (C=O) groups is 3. The summed E-state index contributed by atoms with van der Waals surface area (Å²) in [5.41, 5.74) is 1.70. The summed E-state index contributed by atoms with van der Waals surface area (Å²) in [6.45, 7) is 1.46. The van der Waals surface area contributed by atoms with E-state index in [1.807, 2.05) is 42.5 Å². The standard InChI is InChI=1S/C26H31N3O5/c1-18(26(32)33)28-22(12-8-7-11-19-9-5-4-6-10-19)25(31)29-23(24(30)27-2)17-20-13-15-21(34-3)16-14-20/h4-6,9-10,13-16,18,22-23,28H,8,12,17H2,1-3H3,(H,27,30)(H,29,31)(H,32,33)/t18-,22+,23+/m1/s1. The molecular formula is C26H31N3O5. The Balaban J connectivity index is 2.11. The molecule has 0 unspecified atom stereocenters. The van der Waals surface area contributed by atoms with Crippen molar-refractivity contribution in [3.05, 3.63) is 65.7 Å². The second-order valence-corrected chi connectivity index (χ2v) is 7.71. The summed E-state index contributed by atoms with van der Waals surface area (Å²) in [7, 11) is 3.06. The number of methoxy groups -OCH3 is 1. The monoisotopic (exact) mass is 465 g/mol. The molecule has 0 heterocycles. The topological polar surface area (TPSA) is 117 Å². The van der Waals surface area contributed by atoms with E-state index in [2.05, 4.69) is 27.8 Å². The van der Waals surface area contributed by atoms with Gasteiger partial charge in [-0.2, -0.15) is 0 Å². The molecule has 0 fully saturated rings. The van der Waals surface area contributed by atoms with Crippen molar-refractivity contribution in [1.29, 1.82) is 0 Å². The zero-order valence-electron chi connectivity index (χ0n) is 19.6. The molecule has 2 aromatic carbocycles. The lowest BCUT2D eigenvalue weighted by Crippen LogP contribution is -2.55. The Bertz CT molecular complexity index is 1010. The molecule has 0 aromatic heterocycles. The number of carboxylic acids is 1. The average Bonchev–Trinajstić information content (AvgIpc) is 2.85. The fraction of sp³-hybridized carbons (Fsp3) is 0.346. The summed E-state index contributed by atoms with van der Waals surface area (Å²) < 4.78 is 5.15. The van der Waals surface area contributed by atoms with E-state index >= 15 is 0 Å². The van der Waals surface area contributed by atoms with Crippen LogP contribution in [-0.2, 0) is 20.8 Å². The Morgan fingerprint density at radius 3 is 2.26 bits per heavy atom. The highest BCUT2D eigenvalue weighted by Gasteiger charge is 2.27. The van der Waals surface area contributed by atoms with Gasteiger partial charge in [0.1, 0.15) is 17.8 Å². The van der Waals surface area contributed by atoms with Crippen molar-refractivity contribution in [2.24, 2.45) is 0 Å². The second-order valence-electron chi connectivity index (χ2n) is 7.71. The first-order valence-corrected chi connectivity index (χ1v) is 11.0. The quantitative estimate of drug-likeness (QED) is 0.376. The Hall–Kier alpha value is -3.83. The van der Waals surface area contributed by atoms with Crippen LogP contribution >= 0.6 is 0 Å². The van der Waals surface area contributed by atoms with Crippen molar-refractivity contribution in [2.45, 2.75) is 44.3 Å². The van der Waals surface area contributed by atoms with Crippen LogP contribution in [0.3, 0.4) is 0 Å². The van der Waals surface area contributed by atoms with Gasteiger partial charge in [-0.3, -0.25) is 19.7 Å². The van der Waals surface area contributed by atoms with Crippen LogP contribution < -0.4 is 20.7 Å². The van der Waals surface area contributed by atoms with Crippen LogP contribution in [0.15, 0.2) is 54.6 Å². The van der Waals surface area contributed by atoms with Crippen molar-refractivity contribution in [1.82, 2.24) is 16.0 Å². The van der Waals surface area contributed by atoms with Crippen LogP contribution in [-0.4, -0.2) is 55.2 Å². The maximum absolute atomic E-state index is 13.1. The molecular weight excluding hydrogens is 434 g/mol. The van der Waals surface area contributed by atoms with Gasteiger partial charge in [0, 0.05) is 25.5 Å². The first-order chi connectivity index (χ1) is 16.3. The van der Waals surface area contributed by atoms with Gasteiger partial charge in [0.2, 0.25) is 11.8 Å². The molecule has 180 valence electrons. The maximum Gasteiger partial charge on any atom is 0.320 e. The molecule has 3 atom stereocenters. The number of hydrogen-bond donors (Lipinski definition) is 4. The Labute approximate surface area is 200 Å². The molecule has 8 nitrogen and oxygen atoms in total. The van der Waals surface area contributed by atoms with Crippen molar-refractivity contribution < 1.29 is 24.2 Å². The molecule has 2 rings (SSSR count). The molecule has 34 heavy (non-hydrogen) atoms. The van der Waals surface area contributed by atoms with E-state index in [0.29, 0.717) is 12.2 Å². The van der Waals surface area contributed by atoms with Crippen LogP contribution in [0.5, 0.6) is 5.75 Å². The van der Waals surface area contributed by atoms with Gasteiger partial charge >= 0.3 is 5.97 Å². The number of carbonyl (C=O) groups excluding carboxylic acids is 2. The van der Waals surface area contributed by atoms with E-state index in [1.54, 1.807) is 19.2 Å². The van der Waals surface area contributed by atoms with Crippen LogP contribution in [0.1, 0.15) is 30.9 Å². The smallest absolute Gasteiger partial charge is 0.320 e. The van der Waals surface area contributed by atoms with Crippen molar-refractivity contribution in [3.63, 3.8) is 0 Å². The number of aliphatic carboxylic acids is 1. The molecule has 4 N–H and O–H groups in total. The lowest BCUT2D eigenvalue weighted by atomic mass is 10.0. The Morgan fingerprint density at radius 2 is 1.68 bits per heavy atom. The lowest BCUT2D eigenvalue weighted by molar-refractivity contribution is -0.139. The summed E-state index contributed by atoms with van der Waals surface area (Å²) >= 11 is 0. The third-order valence-electron chi connectivity index (χ3n) is 5.18. The van der Waals surface area contributed by atoms with E-state index in [1.165, 1.54) is 14.0 Å². The van der Waals surface area contributed by atoms with Gasteiger partial charge in [0.25, 0.3) is 0 Å². The predicted molar refractivity (Wildman–Crippen MR) is 129 cm³/mol. The number of likely N-dealkylation sites (N-methyl/N-ethyl adjacent to an activating group) is 1. The molecule has 0 spiro atoms. The highest BCUT2D eigenvalue weighted by Crippen LogP contribution is 2.13. The normalized spacial score (nSPS) is 12.9. The van der Waals surface area contributed by atoms with Crippen LogP contribution in [0.4, 0.5) is 0 Å². The van der Waals surface area contributed by atoms with Crippen LogP contribution in [0, 0.1) is 11.8 Å². The van der Waals surface area contributed by atoms with E-state index < -0.39 is 30.0 Å². The van der Waals surface area contributed by atoms with Crippen molar-refractivity contribution in [3.8, 4) is 17.6 Å². The molecule has 8 heteroatoms. The third kappa shape index (κ3) is 8.60. The molecule has 0 saturated carbocycles. The van der Waals surface area contributed by atoms with Crippen LogP contribution in [0.2, 0.25) is 0 Å². The van der Waals surface area contributed by atoms with E-state index in [0.717, 1.165) is 11.1 Å². The summed E-state index contributed by atoms with van der Waals surface area (Å²) in [5.74, 6) is 4.85. The zero-order chi connectivity index (χ0) is 24.9. The summed E-state index contributed by atoms with van der Waals surface area (Å²) in [5, 5.41) is 17.4. The number of ether oxygens (including phenoxy) is 1. The fourth-order valence-corrected chi connectivity index (χ4v) is 3.22. The van der Waals surface area contributed by atoms with Crippen molar-refractivity contribution in [2.75, 3.05) is 14.2 Å². The Morgan fingerprint density at radius 1 is 1.00 bits per heavy atom.